The average molecular weight is 401 g/mol. The predicted molar refractivity (Wildman–Crippen MR) is 91.0 cm³/mol. The molecule has 1 fully saturated rings. The minimum atomic E-state index is -1.49. The van der Waals surface area contributed by atoms with Crippen LogP contribution in [0.15, 0.2) is 0 Å². The minimum absolute atomic E-state index is 0.0707. The van der Waals surface area contributed by atoms with Crippen molar-refractivity contribution in [1.29, 1.82) is 0 Å². The molecule has 28 heavy (non-hydrogen) atoms. The van der Waals surface area contributed by atoms with Crippen LogP contribution in [0.5, 0.6) is 0 Å². The zero-order valence-corrected chi connectivity index (χ0v) is 15.2. The molecule has 0 radical (unpaired) electrons. The first-order valence-electron chi connectivity index (χ1n) is 8.52. The Labute approximate surface area is 159 Å². The lowest BCUT2D eigenvalue weighted by atomic mass is 9.94. The third kappa shape index (κ3) is 6.01. The molecule has 156 valence electrons. The van der Waals surface area contributed by atoms with E-state index in [0.29, 0.717) is 0 Å². The van der Waals surface area contributed by atoms with Crippen molar-refractivity contribution in [2.24, 2.45) is 11.7 Å². The Morgan fingerprint density at radius 1 is 1.18 bits per heavy atom. The Kier molecular flexibility index (Phi) is 8.04. The number of carboxylic acid groups (broad SMARTS) is 3. The predicted octanol–water partition coefficient (Wildman–Crippen LogP) is -1.97. The van der Waals surface area contributed by atoms with Gasteiger partial charge in [-0.3, -0.25) is 24.0 Å². The molecule has 2 amide bonds. The molecule has 0 aromatic carbocycles. The number of hydrogen-bond donors (Lipinski definition) is 5. The first-order chi connectivity index (χ1) is 13.0. The summed E-state index contributed by atoms with van der Waals surface area (Å²) in [7, 11) is 0. The maximum absolute atomic E-state index is 12.6. The van der Waals surface area contributed by atoms with E-state index in [1.165, 1.54) is 6.92 Å². The summed E-state index contributed by atoms with van der Waals surface area (Å²) in [4.78, 5) is 70.9. The van der Waals surface area contributed by atoms with E-state index in [4.69, 9.17) is 15.9 Å². The molecule has 0 unspecified atom stereocenters. The lowest BCUT2D eigenvalue weighted by Gasteiger charge is -2.25. The van der Waals surface area contributed by atoms with E-state index >= 15 is 0 Å². The van der Waals surface area contributed by atoms with Gasteiger partial charge in [0.2, 0.25) is 11.8 Å². The van der Waals surface area contributed by atoms with E-state index in [9.17, 15) is 33.9 Å². The number of Topliss-reactive ketones (excluding diaryl/α,β-unsaturated/α-hetero) is 1. The van der Waals surface area contributed by atoms with Crippen LogP contribution >= 0.6 is 0 Å². The second kappa shape index (κ2) is 9.78. The van der Waals surface area contributed by atoms with E-state index in [2.05, 4.69) is 5.32 Å². The third-order valence-electron chi connectivity index (χ3n) is 4.33. The van der Waals surface area contributed by atoms with Crippen LogP contribution in [0.25, 0.3) is 0 Å². The van der Waals surface area contributed by atoms with Crippen LogP contribution in [0.3, 0.4) is 0 Å². The van der Waals surface area contributed by atoms with Crippen LogP contribution in [0.2, 0.25) is 0 Å². The Morgan fingerprint density at radius 3 is 2.25 bits per heavy atom. The highest BCUT2D eigenvalue weighted by molar-refractivity contribution is 6.07. The Bertz CT molecular complexity index is 676. The van der Waals surface area contributed by atoms with Gasteiger partial charge in [0.1, 0.15) is 12.0 Å². The highest BCUT2D eigenvalue weighted by atomic mass is 16.4. The molecule has 0 spiro atoms. The zero-order valence-electron chi connectivity index (χ0n) is 15.2. The number of hydrogen-bond acceptors (Lipinski definition) is 7. The van der Waals surface area contributed by atoms with Gasteiger partial charge in [-0.1, -0.05) is 0 Å². The van der Waals surface area contributed by atoms with Crippen LogP contribution in [-0.4, -0.2) is 80.4 Å². The number of aliphatic carboxylic acids is 3. The molecule has 6 N–H and O–H groups in total. The molecular weight excluding hydrogens is 378 g/mol. The molecule has 0 bridgehead atoms. The standard InChI is InChI=1S/C16H23N3O9/c1-7(17)14(25)18-9(6-12(22)23)13(24)8-4-5-19(15(8)26)10(16(27)28)2-3-11(20)21/h7-10H,2-6,17H2,1H3,(H,18,25)(H,20,21)(H,22,23)(H,27,28)/t7-,8+,9-,10-/m0/s1. The summed E-state index contributed by atoms with van der Waals surface area (Å²) in [6.45, 7) is 1.23. The number of carbonyl (C=O) groups excluding carboxylic acids is 3. The summed E-state index contributed by atoms with van der Waals surface area (Å²) in [5, 5.41) is 29.2. The number of likely N-dealkylation sites (tertiary alicyclic amines) is 1. The summed E-state index contributed by atoms with van der Waals surface area (Å²) < 4.78 is 0. The monoisotopic (exact) mass is 401 g/mol. The second-order valence-electron chi connectivity index (χ2n) is 6.51. The van der Waals surface area contributed by atoms with Crippen molar-refractivity contribution < 1.29 is 44.1 Å². The van der Waals surface area contributed by atoms with Crippen LogP contribution in [0, 0.1) is 5.92 Å². The SMILES string of the molecule is C[C@H](N)C(=O)N[C@@H](CC(=O)O)C(=O)[C@H]1CCN([C@@H](CCC(=O)O)C(=O)O)C1=O. The lowest BCUT2D eigenvalue weighted by molar-refractivity contribution is -0.151. The number of carbonyl (C=O) groups is 6. The van der Waals surface area contributed by atoms with Gasteiger partial charge in [0.25, 0.3) is 0 Å². The Morgan fingerprint density at radius 2 is 1.79 bits per heavy atom. The van der Waals surface area contributed by atoms with E-state index < -0.39 is 72.4 Å². The number of nitrogens with zero attached hydrogens (tertiary/aromatic N) is 1. The number of ketones is 1. The van der Waals surface area contributed by atoms with Crippen molar-refractivity contribution in [3.8, 4) is 0 Å². The smallest absolute Gasteiger partial charge is 0.326 e. The van der Waals surface area contributed by atoms with Gasteiger partial charge >= 0.3 is 17.9 Å². The van der Waals surface area contributed by atoms with Gasteiger partial charge in [0.05, 0.1) is 18.5 Å². The number of rotatable bonds is 11. The van der Waals surface area contributed by atoms with Gasteiger partial charge in [-0.25, -0.2) is 4.79 Å². The third-order valence-corrected chi connectivity index (χ3v) is 4.33. The zero-order chi connectivity index (χ0) is 21.6. The fourth-order valence-electron chi connectivity index (χ4n) is 2.89. The van der Waals surface area contributed by atoms with E-state index in [1.807, 2.05) is 0 Å². The molecule has 12 nitrogen and oxygen atoms in total. The van der Waals surface area contributed by atoms with Crippen molar-refractivity contribution in [2.75, 3.05) is 6.54 Å². The maximum atomic E-state index is 12.6. The molecule has 0 saturated carbocycles. The first-order valence-corrected chi connectivity index (χ1v) is 8.52. The molecule has 0 aromatic rings. The maximum Gasteiger partial charge on any atom is 0.326 e. The Hall–Kier alpha value is -3.02. The molecule has 1 heterocycles. The molecular formula is C16H23N3O9. The average Bonchev–Trinajstić information content (AvgIpc) is 2.94. The second-order valence-corrected chi connectivity index (χ2v) is 6.51. The molecule has 0 aromatic heterocycles. The highest BCUT2D eigenvalue weighted by Crippen LogP contribution is 2.25. The van der Waals surface area contributed by atoms with Crippen molar-refractivity contribution in [3.05, 3.63) is 0 Å². The van der Waals surface area contributed by atoms with Gasteiger partial charge in [-0.05, 0) is 19.8 Å². The Balaban J connectivity index is 2.96. The summed E-state index contributed by atoms with van der Waals surface area (Å²) in [6, 6.07) is -3.92. The lowest BCUT2D eigenvalue weighted by Crippen LogP contribution is -2.51. The largest absolute Gasteiger partial charge is 0.481 e. The molecule has 1 rings (SSSR count). The fraction of sp³-hybridized carbons (Fsp3) is 0.625. The van der Waals surface area contributed by atoms with Gasteiger partial charge in [0, 0.05) is 13.0 Å². The van der Waals surface area contributed by atoms with Gasteiger partial charge in [-0.15, -0.1) is 0 Å². The van der Waals surface area contributed by atoms with Crippen LogP contribution in [0.4, 0.5) is 0 Å². The van der Waals surface area contributed by atoms with E-state index in [1.54, 1.807) is 0 Å². The number of carboxylic acids is 3. The molecule has 1 aliphatic heterocycles. The highest BCUT2D eigenvalue weighted by Gasteiger charge is 2.44. The van der Waals surface area contributed by atoms with Crippen molar-refractivity contribution in [1.82, 2.24) is 10.2 Å². The molecule has 1 saturated heterocycles. The van der Waals surface area contributed by atoms with Crippen molar-refractivity contribution in [2.45, 2.75) is 50.7 Å². The van der Waals surface area contributed by atoms with Gasteiger partial charge < -0.3 is 31.3 Å². The number of nitrogens with one attached hydrogen (secondary N) is 1. The molecule has 0 aliphatic carbocycles. The molecule has 1 aliphatic rings. The summed E-state index contributed by atoms with van der Waals surface area (Å²) in [5.74, 6) is -7.81. The summed E-state index contributed by atoms with van der Waals surface area (Å²) in [6.07, 6.45) is -1.65. The van der Waals surface area contributed by atoms with Gasteiger partial charge in [-0.2, -0.15) is 0 Å². The summed E-state index contributed by atoms with van der Waals surface area (Å²) >= 11 is 0. The number of amides is 2. The fourth-order valence-corrected chi connectivity index (χ4v) is 2.89. The minimum Gasteiger partial charge on any atom is -0.481 e. The van der Waals surface area contributed by atoms with Gasteiger partial charge in [0.15, 0.2) is 5.78 Å². The molecule has 12 heteroatoms. The van der Waals surface area contributed by atoms with Crippen LogP contribution in [-0.2, 0) is 28.8 Å². The van der Waals surface area contributed by atoms with Crippen LogP contribution in [0.1, 0.15) is 32.6 Å². The van der Waals surface area contributed by atoms with Crippen molar-refractivity contribution >= 4 is 35.5 Å². The van der Waals surface area contributed by atoms with E-state index in [-0.39, 0.29) is 19.4 Å². The first kappa shape index (κ1) is 23.0. The topological polar surface area (TPSA) is 204 Å². The van der Waals surface area contributed by atoms with Crippen molar-refractivity contribution in [3.63, 3.8) is 0 Å². The normalized spacial score (nSPS) is 19.6. The quantitative estimate of drug-likeness (QED) is 0.241. The molecule has 4 atom stereocenters. The van der Waals surface area contributed by atoms with E-state index in [0.717, 1.165) is 4.90 Å². The number of nitrogens with two attached hydrogens (primary N) is 1. The van der Waals surface area contributed by atoms with Crippen LogP contribution < -0.4 is 11.1 Å². The summed E-state index contributed by atoms with van der Waals surface area (Å²) in [5.41, 5.74) is 5.39.